The first-order valence-corrected chi connectivity index (χ1v) is 10.7. The summed E-state index contributed by atoms with van der Waals surface area (Å²) in [4.78, 5) is 26.1. The third-order valence-electron chi connectivity index (χ3n) is 5.68. The Kier molecular flexibility index (Phi) is 5.99. The van der Waals surface area contributed by atoms with Crippen molar-refractivity contribution in [2.24, 2.45) is 5.92 Å². The van der Waals surface area contributed by atoms with E-state index in [0.29, 0.717) is 23.2 Å². The maximum Gasteiger partial charge on any atom is 0.278 e. The molecule has 0 aromatic carbocycles. The van der Waals surface area contributed by atoms with E-state index >= 15 is 0 Å². The molecular formula is C23H27N9O. The van der Waals surface area contributed by atoms with Crippen LogP contribution in [0.2, 0.25) is 0 Å². The number of pyridine rings is 1. The number of hydrogen-bond donors (Lipinski definition) is 2. The number of nitrogens with two attached hydrogens (primary N) is 1. The minimum atomic E-state index is -0.530. The lowest BCUT2D eigenvalue weighted by Gasteiger charge is -2.30. The van der Waals surface area contributed by atoms with Crippen molar-refractivity contribution in [1.29, 1.82) is 0 Å². The van der Waals surface area contributed by atoms with Gasteiger partial charge in [0.15, 0.2) is 5.82 Å². The van der Waals surface area contributed by atoms with E-state index in [9.17, 15) is 0 Å². The van der Waals surface area contributed by atoms with Crippen LogP contribution >= 0.6 is 0 Å². The monoisotopic (exact) mass is 445 g/mol. The molecule has 0 radical (unpaired) electrons. The van der Waals surface area contributed by atoms with E-state index in [1.807, 2.05) is 32.2 Å². The fourth-order valence-electron chi connectivity index (χ4n) is 3.41. The molecule has 0 saturated carbocycles. The molecule has 0 bridgehead atoms. The van der Waals surface area contributed by atoms with Crippen molar-refractivity contribution in [1.82, 2.24) is 35.1 Å². The molecule has 4 aromatic rings. The van der Waals surface area contributed by atoms with Gasteiger partial charge in [0, 0.05) is 30.2 Å². The number of nitrogens with zero attached hydrogens (tertiary/aromatic N) is 7. The van der Waals surface area contributed by atoms with E-state index in [2.05, 4.69) is 61.1 Å². The van der Waals surface area contributed by atoms with Crippen LogP contribution in [0.1, 0.15) is 46.0 Å². The van der Waals surface area contributed by atoms with Gasteiger partial charge in [0.1, 0.15) is 11.5 Å². The SMILES string of the molecule is CC(C)Nc1cnc(-c2nc([C@@](C)(c3ccc(-c4cnc(N)nc4)nc3)C(C)C)no2)cn1. The molecule has 0 fully saturated rings. The van der Waals surface area contributed by atoms with Gasteiger partial charge in [0.05, 0.1) is 23.5 Å². The van der Waals surface area contributed by atoms with Crippen LogP contribution in [0.15, 0.2) is 47.6 Å². The predicted molar refractivity (Wildman–Crippen MR) is 125 cm³/mol. The van der Waals surface area contributed by atoms with Crippen LogP contribution in [0, 0.1) is 5.92 Å². The first kappa shape index (κ1) is 22.3. The molecule has 0 aliphatic carbocycles. The normalized spacial score (nSPS) is 13.3. The molecule has 4 rings (SSSR count). The number of hydrogen-bond acceptors (Lipinski definition) is 10. The Bertz CT molecular complexity index is 1200. The van der Waals surface area contributed by atoms with Crippen molar-refractivity contribution in [2.75, 3.05) is 11.1 Å². The predicted octanol–water partition coefficient (Wildman–Crippen LogP) is 3.74. The zero-order valence-corrected chi connectivity index (χ0v) is 19.3. The minimum absolute atomic E-state index is 0.166. The number of rotatable bonds is 7. The van der Waals surface area contributed by atoms with Crippen molar-refractivity contribution >= 4 is 11.8 Å². The summed E-state index contributed by atoms with van der Waals surface area (Å²) in [6.07, 6.45) is 8.42. The van der Waals surface area contributed by atoms with Crippen molar-refractivity contribution in [3.63, 3.8) is 0 Å². The number of anilines is 2. The number of aromatic nitrogens is 7. The van der Waals surface area contributed by atoms with E-state index in [4.69, 9.17) is 10.3 Å². The Balaban J connectivity index is 1.63. The molecule has 3 N–H and O–H groups in total. The molecular weight excluding hydrogens is 418 g/mol. The molecule has 4 aromatic heterocycles. The summed E-state index contributed by atoms with van der Waals surface area (Å²) in [5.41, 5.74) is 8.07. The summed E-state index contributed by atoms with van der Waals surface area (Å²) >= 11 is 0. The molecule has 0 aliphatic rings. The average Bonchev–Trinajstić information content (AvgIpc) is 3.30. The molecule has 1 atom stereocenters. The second-order valence-electron chi connectivity index (χ2n) is 8.63. The Morgan fingerprint density at radius 2 is 1.61 bits per heavy atom. The quantitative estimate of drug-likeness (QED) is 0.432. The molecule has 0 amide bonds. The summed E-state index contributed by atoms with van der Waals surface area (Å²) in [5, 5.41) is 7.50. The Morgan fingerprint density at radius 3 is 2.18 bits per heavy atom. The molecule has 170 valence electrons. The maximum absolute atomic E-state index is 5.58. The molecule has 10 nitrogen and oxygen atoms in total. The Morgan fingerprint density at radius 1 is 0.879 bits per heavy atom. The second-order valence-corrected chi connectivity index (χ2v) is 8.63. The zero-order valence-electron chi connectivity index (χ0n) is 19.3. The highest BCUT2D eigenvalue weighted by Crippen LogP contribution is 2.38. The van der Waals surface area contributed by atoms with Crippen LogP contribution < -0.4 is 11.1 Å². The molecule has 33 heavy (non-hydrogen) atoms. The fourth-order valence-corrected chi connectivity index (χ4v) is 3.41. The van der Waals surface area contributed by atoms with Crippen molar-refractivity contribution in [3.8, 4) is 22.8 Å². The third-order valence-corrected chi connectivity index (χ3v) is 5.68. The van der Waals surface area contributed by atoms with Crippen LogP contribution in [0.4, 0.5) is 11.8 Å². The minimum Gasteiger partial charge on any atom is -0.368 e. The van der Waals surface area contributed by atoms with Crippen LogP contribution in [-0.4, -0.2) is 41.1 Å². The summed E-state index contributed by atoms with van der Waals surface area (Å²) in [7, 11) is 0. The third kappa shape index (κ3) is 4.50. The highest BCUT2D eigenvalue weighted by atomic mass is 16.5. The number of nitrogen functional groups attached to an aromatic ring is 1. The van der Waals surface area contributed by atoms with Gasteiger partial charge in [-0.05, 0) is 38.3 Å². The summed E-state index contributed by atoms with van der Waals surface area (Å²) in [6.45, 7) is 10.4. The lowest BCUT2D eigenvalue weighted by molar-refractivity contribution is 0.350. The first-order valence-electron chi connectivity index (χ1n) is 10.7. The van der Waals surface area contributed by atoms with Gasteiger partial charge in [-0.1, -0.05) is 25.1 Å². The van der Waals surface area contributed by atoms with Crippen molar-refractivity contribution in [2.45, 2.75) is 46.1 Å². The maximum atomic E-state index is 5.58. The molecule has 0 unspecified atom stereocenters. The van der Waals surface area contributed by atoms with Gasteiger partial charge in [-0.25, -0.2) is 19.9 Å². The van der Waals surface area contributed by atoms with Crippen molar-refractivity contribution < 1.29 is 4.52 Å². The summed E-state index contributed by atoms with van der Waals surface area (Å²) in [6, 6.07) is 4.21. The Hall–Kier alpha value is -3.95. The lowest BCUT2D eigenvalue weighted by Crippen LogP contribution is -2.31. The highest BCUT2D eigenvalue weighted by Gasteiger charge is 2.38. The van der Waals surface area contributed by atoms with Gasteiger partial charge in [0.25, 0.3) is 5.89 Å². The lowest BCUT2D eigenvalue weighted by atomic mass is 9.73. The smallest absolute Gasteiger partial charge is 0.278 e. The summed E-state index contributed by atoms with van der Waals surface area (Å²) in [5.74, 6) is 1.97. The van der Waals surface area contributed by atoms with E-state index in [1.165, 1.54) is 0 Å². The van der Waals surface area contributed by atoms with Crippen LogP contribution in [0.5, 0.6) is 0 Å². The van der Waals surface area contributed by atoms with Gasteiger partial charge in [-0.15, -0.1) is 0 Å². The van der Waals surface area contributed by atoms with Gasteiger partial charge in [0.2, 0.25) is 5.95 Å². The van der Waals surface area contributed by atoms with E-state index < -0.39 is 5.41 Å². The zero-order chi connectivity index (χ0) is 23.6. The Labute approximate surface area is 192 Å². The van der Waals surface area contributed by atoms with Gasteiger partial charge < -0.3 is 15.6 Å². The second kappa shape index (κ2) is 8.89. The summed E-state index contributed by atoms with van der Waals surface area (Å²) < 4.78 is 5.56. The van der Waals surface area contributed by atoms with E-state index in [-0.39, 0.29) is 17.9 Å². The van der Waals surface area contributed by atoms with Gasteiger partial charge in [-0.2, -0.15) is 4.98 Å². The van der Waals surface area contributed by atoms with E-state index in [0.717, 1.165) is 16.8 Å². The number of nitrogens with one attached hydrogen (secondary N) is 1. The standard InChI is InChI=1S/C23H27N9O/c1-13(2)23(5,16-6-7-17(25-10-16)15-8-28-22(24)29-9-15)21-31-20(33-32-21)18-11-27-19(12-26-18)30-14(3)4/h6-14H,1-5H3,(H,27,30)(H2,24,28,29)/t23-/m1/s1. The largest absolute Gasteiger partial charge is 0.368 e. The van der Waals surface area contributed by atoms with Gasteiger partial charge in [-0.3, -0.25) is 4.98 Å². The fraction of sp³-hybridized carbons (Fsp3) is 0.348. The molecule has 10 heteroatoms. The van der Waals surface area contributed by atoms with Gasteiger partial charge >= 0.3 is 0 Å². The average molecular weight is 446 g/mol. The highest BCUT2D eigenvalue weighted by molar-refractivity contribution is 5.57. The van der Waals surface area contributed by atoms with Crippen LogP contribution in [-0.2, 0) is 5.41 Å². The molecule has 0 saturated heterocycles. The molecule has 0 spiro atoms. The van der Waals surface area contributed by atoms with Crippen molar-refractivity contribution in [3.05, 3.63) is 54.5 Å². The van der Waals surface area contributed by atoms with Crippen LogP contribution in [0.3, 0.4) is 0 Å². The molecule has 0 aliphatic heterocycles. The molecule has 4 heterocycles. The van der Waals surface area contributed by atoms with E-state index in [1.54, 1.807) is 24.8 Å². The first-order chi connectivity index (χ1) is 15.8. The van der Waals surface area contributed by atoms with Crippen LogP contribution in [0.25, 0.3) is 22.8 Å². The topological polar surface area (TPSA) is 141 Å².